The fourth-order valence-electron chi connectivity index (χ4n) is 5.82. The summed E-state index contributed by atoms with van der Waals surface area (Å²) in [6, 6.07) is 5.33. The van der Waals surface area contributed by atoms with Crippen LogP contribution in [0, 0.1) is 12.8 Å². The van der Waals surface area contributed by atoms with Crippen LogP contribution in [0.3, 0.4) is 0 Å². The molecule has 2 fully saturated rings. The molecular formula is C25H30ClN3O4. The van der Waals surface area contributed by atoms with Crippen molar-refractivity contribution in [2.75, 3.05) is 0 Å². The molecule has 2 aliphatic carbocycles. The van der Waals surface area contributed by atoms with Crippen LogP contribution in [0.1, 0.15) is 69.6 Å². The highest BCUT2D eigenvalue weighted by Crippen LogP contribution is 2.35. The van der Waals surface area contributed by atoms with Crippen molar-refractivity contribution < 1.29 is 14.4 Å². The Kier molecular flexibility index (Phi) is 6.18. The van der Waals surface area contributed by atoms with Crippen LogP contribution >= 0.6 is 11.6 Å². The van der Waals surface area contributed by atoms with Crippen molar-refractivity contribution in [1.82, 2.24) is 15.0 Å². The first-order valence-corrected chi connectivity index (χ1v) is 12.4. The van der Waals surface area contributed by atoms with Crippen LogP contribution in [0.5, 0.6) is 0 Å². The molecule has 2 saturated carbocycles. The van der Waals surface area contributed by atoms with Gasteiger partial charge < -0.3 is 19.5 Å². The van der Waals surface area contributed by atoms with E-state index in [1.807, 2.05) is 16.7 Å². The standard InChI is InChI=1S/C25H30ClN3O4/c1-14-20-22(28-33-14)21-18(26)11-6-12-19(21)29(25(20)32)17-10-5-9-16(13-17)27-24(31)23(30)15-7-3-2-4-8-15/h6,11-12,15-17,23,30H,2-5,7-10,13H2,1H3,(H,27,31). The van der Waals surface area contributed by atoms with E-state index in [9.17, 15) is 14.7 Å². The lowest BCUT2D eigenvalue weighted by molar-refractivity contribution is -0.133. The molecule has 2 aromatic heterocycles. The Bertz CT molecular complexity index is 1240. The largest absolute Gasteiger partial charge is 0.383 e. The second-order valence-electron chi connectivity index (χ2n) is 9.64. The molecule has 8 heteroatoms. The molecular weight excluding hydrogens is 442 g/mol. The molecule has 3 atom stereocenters. The lowest BCUT2D eigenvalue weighted by atomic mass is 9.84. The molecule has 176 valence electrons. The van der Waals surface area contributed by atoms with Gasteiger partial charge in [0.1, 0.15) is 22.8 Å². The van der Waals surface area contributed by atoms with E-state index in [2.05, 4.69) is 10.5 Å². The van der Waals surface area contributed by atoms with Gasteiger partial charge >= 0.3 is 0 Å². The third-order valence-electron chi connectivity index (χ3n) is 7.51. The van der Waals surface area contributed by atoms with Gasteiger partial charge in [-0.1, -0.05) is 42.1 Å². The van der Waals surface area contributed by atoms with Gasteiger partial charge in [0.15, 0.2) is 0 Å². The average Bonchev–Trinajstić information content (AvgIpc) is 3.21. The fourth-order valence-corrected chi connectivity index (χ4v) is 6.07. The Morgan fingerprint density at radius 3 is 2.76 bits per heavy atom. The molecule has 3 aromatic rings. The zero-order valence-electron chi connectivity index (χ0n) is 18.8. The minimum absolute atomic E-state index is 0.0471. The van der Waals surface area contributed by atoms with Gasteiger partial charge in [-0.15, -0.1) is 0 Å². The predicted octanol–water partition coefficient (Wildman–Crippen LogP) is 4.65. The summed E-state index contributed by atoms with van der Waals surface area (Å²) in [6.45, 7) is 1.74. The smallest absolute Gasteiger partial charge is 0.264 e. The third-order valence-corrected chi connectivity index (χ3v) is 7.82. The average molecular weight is 472 g/mol. The van der Waals surface area contributed by atoms with E-state index in [-0.39, 0.29) is 29.5 Å². The number of hydrogen-bond donors (Lipinski definition) is 2. The lowest BCUT2D eigenvalue weighted by Crippen LogP contribution is -2.47. The summed E-state index contributed by atoms with van der Waals surface area (Å²) in [5.74, 6) is 0.241. The SMILES string of the molecule is Cc1onc2c1c(=O)n(C1CCCC(NC(=O)C(O)C3CCCCC3)C1)c1cccc(Cl)c21. The molecule has 0 bridgehead atoms. The van der Waals surface area contributed by atoms with Crippen LogP contribution in [0.4, 0.5) is 0 Å². The molecule has 1 aromatic carbocycles. The van der Waals surface area contributed by atoms with Crippen molar-refractivity contribution in [2.24, 2.45) is 5.92 Å². The van der Waals surface area contributed by atoms with Gasteiger partial charge in [0.2, 0.25) is 5.91 Å². The first-order chi connectivity index (χ1) is 16.0. The highest BCUT2D eigenvalue weighted by molar-refractivity contribution is 6.37. The number of benzene rings is 1. The Morgan fingerprint density at radius 1 is 1.18 bits per heavy atom. The predicted molar refractivity (Wildman–Crippen MR) is 128 cm³/mol. The van der Waals surface area contributed by atoms with Crippen molar-refractivity contribution in [3.63, 3.8) is 0 Å². The van der Waals surface area contributed by atoms with E-state index in [1.54, 1.807) is 13.0 Å². The quantitative estimate of drug-likeness (QED) is 0.577. The number of pyridine rings is 1. The molecule has 1 amide bonds. The molecule has 7 nitrogen and oxygen atoms in total. The van der Waals surface area contributed by atoms with E-state index < -0.39 is 6.10 Å². The van der Waals surface area contributed by atoms with Gasteiger partial charge in [0.05, 0.1) is 10.5 Å². The number of rotatable bonds is 4. The van der Waals surface area contributed by atoms with Crippen LogP contribution in [0.25, 0.3) is 21.8 Å². The maximum Gasteiger partial charge on any atom is 0.264 e. The molecule has 0 aliphatic heterocycles. The van der Waals surface area contributed by atoms with Crippen LogP contribution in [-0.2, 0) is 4.79 Å². The normalized spacial score (nSPS) is 23.1. The van der Waals surface area contributed by atoms with Gasteiger partial charge in [-0.25, -0.2) is 0 Å². The number of amides is 1. The highest BCUT2D eigenvalue weighted by Gasteiger charge is 2.32. The number of carbonyl (C=O) groups is 1. The molecule has 2 aliphatic rings. The zero-order valence-corrected chi connectivity index (χ0v) is 19.6. The van der Waals surface area contributed by atoms with Crippen LogP contribution in [0.15, 0.2) is 27.5 Å². The third kappa shape index (κ3) is 4.06. The van der Waals surface area contributed by atoms with Crippen molar-refractivity contribution >= 4 is 39.3 Å². The first kappa shape index (κ1) is 22.4. The second kappa shape index (κ2) is 9.11. The topological polar surface area (TPSA) is 97.4 Å². The molecule has 0 spiro atoms. The summed E-state index contributed by atoms with van der Waals surface area (Å²) in [7, 11) is 0. The van der Waals surface area contributed by atoms with Crippen molar-refractivity contribution in [3.8, 4) is 0 Å². The number of carbonyl (C=O) groups excluding carboxylic acids is 1. The molecule has 5 rings (SSSR count). The van der Waals surface area contributed by atoms with E-state index in [0.29, 0.717) is 33.5 Å². The summed E-state index contributed by atoms with van der Waals surface area (Å²) in [5, 5.41) is 19.5. The van der Waals surface area contributed by atoms with Gasteiger partial charge in [0, 0.05) is 17.5 Å². The number of halogens is 1. The van der Waals surface area contributed by atoms with E-state index in [1.165, 1.54) is 6.42 Å². The Morgan fingerprint density at radius 2 is 1.97 bits per heavy atom. The number of aromatic nitrogens is 2. The maximum atomic E-state index is 13.6. The van der Waals surface area contributed by atoms with E-state index >= 15 is 0 Å². The summed E-state index contributed by atoms with van der Waals surface area (Å²) < 4.78 is 7.16. The highest BCUT2D eigenvalue weighted by atomic mass is 35.5. The minimum Gasteiger partial charge on any atom is -0.383 e. The minimum atomic E-state index is -0.955. The summed E-state index contributed by atoms with van der Waals surface area (Å²) in [5.41, 5.74) is 1.08. The Labute approximate surface area is 197 Å². The first-order valence-electron chi connectivity index (χ1n) is 12.0. The summed E-state index contributed by atoms with van der Waals surface area (Å²) >= 11 is 6.53. The van der Waals surface area contributed by atoms with E-state index in [0.717, 1.165) is 50.5 Å². The molecule has 2 N–H and O–H groups in total. The van der Waals surface area contributed by atoms with Crippen molar-refractivity contribution in [1.29, 1.82) is 0 Å². The maximum absolute atomic E-state index is 13.6. The lowest BCUT2D eigenvalue weighted by Gasteiger charge is -2.33. The number of nitrogens with zero attached hydrogens (tertiary/aromatic N) is 2. The summed E-state index contributed by atoms with van der Waals surface area (Å²) in [4.78, 5) is 26.4. The van der Waals surface area contributed by atoms with Gasteiger partial charge in [-0.05, 0) is 63.5 Å². The van der Waals surface area contributed by atoms with Crippen LogP contribution in [0.2, 0.25) is 5.02 Å². The molecule has 0 radical (unpaired) electrons. The monoisotopic (exact) mass is 471 g/mol. The number of nitrogens with one attached hydrogen (secondary N) is 1. The Balaban J connectivity index is 1.45. The molecule has 2 heterocycles. The van der Waals surface area contributed by atoms with Gasteiger partial charge in [0.25, 0.3) is 5.56 Å². The zero-order chi connectivity index (χ0) is 23.1. The van der Waals surface area contributed by atoms with E-state index in [4.69, 9.17) is 16.1 Å². The van der Waals surface area contributed by atoms with Crippen molar-refractivity contribution in [3.05, 3.63) is 39.3 Å². The van der Waals surface area contributed by atoms with Crippen LogP contribution < -0.4 is 10.9 Å². The van der Waals surface area contributed by atoms with Gasteiger partial charge in [-0.2, -0.15) is 0 Å². The van der Waals surface area contributed by atoms with Crippen molar-refractivity contribution in [2.45, 2.75) is 82.9 Å². The molecule has 0 saturated heterocycles. The second-order valence-corrected chi connectivity index (χ2v) is 10.0. The molecule has 3 unspecified atom stereocenters. The number of aryl methyl sites for hydroxylation is 1. The van der Waals surface area contributed by atoms with Crippen LogP contribution in [-0.4, -0.2) is 32.9 Å². The molecule has 33 heavy (non-hydrogen) atoms. The van der Waals surface area contributed by atoms with Gasteiger partial charge in [-0.3, -0.25) is 9.59 Å². The number of aliphatic hydroxyl groups is 1. The number of aliphatic hydroxyl groups excluding tert-OH is 1. The fraction of sp³-hybridized carbons (Fsp3) is 0.560. The Hall–Kier alpha value is -2.38. The number of hydrogen-bond acceptors (Lipinski definition) is 5. The number of fused-ring (bicyclic) bond motifs is 3. The summed E-state index contributed by atoms with van der Waals surface area (Å²) in [6.07, 6.45) is 7.35.